The Morgan fingerprint density at radius 3 is 2.38 bits per heavy atom. The maximum atomic E-state index is 11.8. The molecule has 1 atom stereocenters. The van der Waals surface area contributed by atoms with Crippen LogP contribution in [0.3, 0.4) is 0 Å². The van der Waals surface area contributed by atoms with Crippen molar-refractivity contribution in [3.05, 3.63) is 35.4 Å². The van der Waals surface area contributed by atoms with Gasteiger partial charge < -0.3 is 15.4 Å². The molecule has 1 amide bonds. The average molecular weight is 292 g/mol. The van der Waals surface area contributed by atoms with Crippen LogP contribution in [0, 0.1) is 0 Å². The Kier molecular flexibility index (Phi) is 6.85. The van der Waals surface area contributed by atoms with Crippen molar-refractivity contribution in [2.45, 2.75) is 39.2 Å². The van der Waals surface area contributed by atoms with Crippen LogP contribution in [0.4, 0.5) is 0 Å². The molecule has 0 heterocycles. The van der Waals surface area contributed by atoms with Gasteiger partial charge in [-0.15, -0.1) is 0 Å². The molecule has 0 saturated carbocycles. The molecule has 21 heavy (non-hydrogen) atoms. The summed E-state index contributed by atoms with van der Waals surface area (Å²) in [7, 11) is 1.64. The first-order valence-corrected chi connectivity index (χ1v) is 7.44. The number of carbonyl (C=O) groups excluding carboxylic acids is 1. The van der Waals surface area contributed by atoms with E-state index < -0.39 is 0 Å². The summed E-state index contributed by atoms with van der Waals surface area (Å²) in [6, 6.07) is 8.45. The summed E-state index contributed by atoms with van der Waals surface area (Å²) in [6.45, 7) is 10.2. The molecule has 2 N–H and O–H groups in total. The van der Waals surface area contributed by atoms with E-state index in [0.717, 1.165) is 5.56 Å². The summed E-state index contributed by atoms with van der Waals surface area (Å²) in [4.78, 5) is 11.8. The van der Waals surface area contributed by atoms with Gasteiger partial charge in [0, 0.05) is 13.7 Å². The van der Waals surface area contributed by atoms with Gasteiger partial charge in [0.2, 0.25) is 5.91 Å². The van der Waals surface area contributed by atoms with Crippen LogP contribution in [0.2, 0.25) is 0 Å². The number of hydrogen-bond acceptors (Lipinski definition) is 3. The number of amides is 1. The third kappa shape index (κ3) is 6.27. The molecule has 118 valence electrons. The number of hydrogen-bond donors (Lipinski definition) is 2. The molecule has 0 radical (unpaired) electrons. The van der Waals surface area contributed by atoms with Crippen LogP contribution < -0.4 is 10.6 Å². The number of ether oxygens (including phenoxy) is 1. The van der Waals surface area contributed by atoms with E-state index in [1.54, 1.807) is 7.11 Å². The van der Waals surface area contributed by atoms with Crippen LogP contribution in [0.5, 0.6) is 0 Å². The van der Waals surface area contributed by atoms with Gasteiger partial charge >= 0.3 is 0 Å². The first-order valence-electron chi connectivity index (χ1n) is 7.44. The van der Waals surface area contributed by atoms with Crippen molar-refractivity contribution < 1.29 is 9.53 Å². The van der Waals surface area contributed by atoms with E-state index in [-0.39, 0.29) is 17.4 Å². The lowest BCUT2D eigenvalue weighted by Crippen LogP contribution is -2.36. The molecular formula is C17H28N2O2. The van der Waals surface area contributed by atoms with Crippen molar-refractivity contribution in [1.82, 2.24) is 10.6 Å². The number of benzene rings is 1. The van der Waals surface area contributed by atoms with Crippen LogP contribution in [0.15, 0.2) is 24.3 Å². The Morgan fingerprint density at radius 1 is 1.24 bits per heavy atom. The van der Waals surface area contributed by atoms with Crippen LogP contribution in [-0.2, 0) is 14.9 Å². The molecule has 0 aromatic heterocycles. The molecule has 0 bridgehead atoms. The highest BCUT2D eigenvalue weighted by Gasteiger charge is 2.14. The normalized spacial score (nSPS) is 13.0. The topological polar surface area (TPSA) is 50.4 Å². The molecule has 0 saturated heterocycles. The van der Waals surface area contributed by atoms with Gasteiger partial charge in [0.25, 0.3) is 0 Å². The van der Waals surface area contributed by atoms with Gasteiger partial charge in [0.1, 0.15) is 0 Å². The van der Waals surface area contributed by atoms with Crippen LogP contribution in [0.25, 0.3) is 0 Å². The van der Waals surface area contributed by atoms with E-state index in [0.29, 0.717) is 19.7 Å². The van der Waals surface area contributed by atoms with E-state index in [4.69, 9.17) is 4.74 Å². The second-order valence-electron chi connectivity index (χ2n) is 6.33. The lowest BCUT2D eigenvalue weighted by molar-refractivity contribution is -0.120. The molecule has 4 nitrogen and oxygen atoms in total. The Bertz CT molecular complexity index is 435. The van der Waals surface area contributed by atoms with Gasteiger partial charge in [-0.2, -0.15) is 0 Å². The van der Waals surface area contributed by atoms with E-state index in [1.807, 2.05) is 6.92 Å². The third-order valence-electron chi connectivity index (χ3n) is 3.42. The van der Waals surface area contributed by atoms with Crippen molar-refractivity contribution in [2.24, 2.45) is 0 Å². The molecule has 0 aliphatic rings. The van der Waals surface area contributed by atoms with Crippen molar-refractivity contribution in [2.75, 3.05) is 26.8 Å². The second-order valence-corrected chi connectivity index (χ2v) is 6.33. The van der Waals surface area contributed by atoms with Gasteiger partial charge in [-0.25, -0.2) is 0 Å². The second kappa shape index (κ2) is 8.15. The minimum Gasteiger partial charge on any atom is -0.383 e. The SMILES string of the molecule is COCCNCC(=O)NC(C)c1ccc(C(C)(C)C)cc1. The Hall–Kier alpha value is -1.39. The zero-order chi connectivity index (χ0) is 15.9. The summed E-state index contributed by atoms with van der Waals surface area (Å²) in [5, 5.41) is 6.02. The predicted octanol–water partition coefficient (Wildman–Crippen LogP) is 2.40. The van der Waals surface area contributed by atoms with Gasteiger partial charge in [-0.1, -0.05) is 45.0 Å². The number of nitrogens with one attached hydrogen (secondary N) is 2. The first-order chi connectivity index (χ1) is 9.84. The molecule has 1 aromatic carbocycles. The van der Waals surface area contributed by atoms with Gasteiger partial charge in [-0.3, -0.25) is 4.79 Å². The molecule has 1 rings (SSSR count). The van der Waals surface area contributed by atoms with Gasteiger partial charge in [0.05, 0.1) is 19.2 Å². The fourth-order valence-corrected chi connectivity index (χ4v) is 2.02. The summed E-state index contributed by atoms with van der Waals surface area (Å²) in [5.74, 6) is -0.00139. The van der Waals surface area contributed by atoms with Crippen molar-refractivity contribution in [3.63, 3.8) is 0 Å². The van der Waals surface area contributed by atoms with Crippen molar-refractivity contribution >= 4 is 5.91 Å². The highest BCUT2D eigenvalue weighted by atomic mass is 16.5. The Balaban J connectivity index is 2.48. The zero-order valence-electron chi connectivity index (χ0n) is 13.8. The van der Waals surface area contributed by atoms with E-state index in [9.17, 15) is 4.79 Å². The molecule has 4 heteroatoms. The molecule has 0 spiro atoms. The van der Waals surface area contributed by atoms with Crippen LogP contribution >= 0.6 is 0 Å². The summed E-state index contributed by atoms with van der Waals surface area (Å²) < 4.78 is 4.92. The lowest BCUT2D eigenvalue weighted by atomic mass is 9.86. The average Bonchev–Trinajstić information content (AvgIpc) is 2.43. The largest absolute Gasteiger partial charge is 0.383 e. The quantitative estimate of drug-likeness (QED) is 0.759. The summed E-state index contributed by atoms with van der Waals surface area (Å²) in [6.07, 6.45) is 0. The number of carbonyl (C=O) groups is 1. The minimum atomic E-state index is -0.00139. The Morgan fingerprint density at radius 2 is 1.86 bits per heavy atom. The zero-order valence-corrected chi connectivity index (χ0v) is 13.8. The highest BCUT2D eigenvalue weighted by molar-refractivity contribution is 5.78. The highest BCUT2D eigenvalue weighted by Crippen LogP contribution is 2.23. The van der Waals surface area contributed by atoms with Crippen molar-refractivity contribution in [1.29, 1.82) is 0 Å². The van der Waals surface area contributed by atoms with E-state index >= 15 is 0 Å². The number of rotatable bonds is 7. The molecular weight excluding hydrogens is 264 g/mol. The van der Waals surface area contributed by atoms with Crippen LogP contribution in [-0.4, -0.2) is 32.7 Å². The van der Waals surface area contributed by atoms with E-state index in [1.165, 1.54) is 5.56 Å². The fourth-order valence-electron chi connectivity index (χ4n) is 2.02. The smallest absolute Gasteiger partial charge is 0.234 e. The molecule has 0 aliphatic heterocycles. The minimum absolute atomic E-state index is 0.00139. The maximum Gasteiger partial charge on any atom is 0.234 e. The van der Waals surface area contributed by atoms with Crippen LogP contribution in [0.1, 0.15) is 44.9 Å². The standard InChI is InChI=1S/C17H28N2O2/c1-13(19-16(20)12-18-10-11-21-5)14-6-8-15(9-7-14)17(2,3)4/h6-9,13,18H,10-12H2,1-5H3,(H,19,20). The van der Waals surface area contributed by atoms with Gasteiger partial charge in [0.15, 0.2) is 0 Å². The van der Waals surface area contributed by atoms with E-state index in [2.05, 4.69) is 55.7 Å². The third-order valence-corrected chi connectivity index (χ3v) is 3.42. The number of methoxy groups -OCH3 is 1. The summed E-state index contributed by atoms with van der Waals surface area (Å²) in [5.41, 5.74) is 2.57. The monoisotopic (exact) mass is 292 g/mol. The molecule has 0 aliphatic carbocycles. The van der Waals surface area contributed by atoms with Gasteiger partial charge in [-0.05, 0) is 23.5 Å². The fraction of sp³-hybridized carbons (Fsp3) is 0.588. The Labute approximate surface area is 128 Å². The lowest BCUT2D eigenvalue weighted by Gasteiger charge is -2.20. The molecule has 0 fully saturated rings. The molecule has 1 aromatic rings. The first kappa shape index (κ1) is 17.7. The predicted molar refractivity (Wildman–Crippen MR) is 86.4 cm³/mol. The molecule has 1 unspecified atom stereocenters. The summed E-state index contributed by atoms with van der Waals surface area (Å²) >= 11 is 0. The maximum absolute atomic E-state index is 11.8. The van der Waals surface area contributed by atoms with Crippen molar-refractivity contribution in [3.8, 4) is 0 Å².